The fourth-order valence-electron chi connectivity index (χ4n) is 1.87. The first-order chi connectivity index (χ1) is 9.29. The zero-order valence-electron chi connectivity index (χ0n) is 12.1. The van der Waals surface area contributed by atoms with Gasteiger partial charge in [-0.15, -0.1) is 0 Å². The molecule has 2 aromatic rings. The lowest BCUT2D eigenvalue weighted by Gasteiger charge is -2.10. The van der Waals surface area contributed by atoms with E-state index in [-0.39, 0.29) is 10.9 Å². The van der Waals surface area contributed by atoms with E-state index in [9.17, 15) is 8.42 Å². The first-order valence-corrected chi connectivity index (χ1v) is 7.92. The number of rotatable bonds is 4. The minimum Gasteiger partial charge on any atom is -0.279 e. The lowest BCUT2D eigenvalue weighted by molar-refractivity contribution is 0.531. The maximum Gasteiger partial charge on any atom is 0.265 e. The van der Waals surface area contributed by atoms with Crippen LogP contribution in [0.2, 0.25) is 0 Å². The van der Waals surface area contributed by atoms with Crippen molar-refractivity contribution in [2.45, 2.75) is 38.6 Å². The first kappa shape index (κ1) is 14.6. The molecule has 1 aromatic heterocycles. The molecule has 0 saturated heterocycles. The predicted molar refractivity (Wildman–Crippen MR) is 79.3 cm³/mol. The van der Waals surface area contributed by atoms with Gasteiger partial charge in [-0.2, -0.15) is 5.10 Å². The Kier molecular flexibility index (Phi) is 3.85. The molecule has 1 aromatic carbocycles. The van der Waals surface area contributed by atoms with Crippen molar-refractivity contribution in [1.82, 2.24) is 9.78 Å². The summed E-state index contributed by atoms with van der Waals surface area (Å²) in [6, 6.07) is 5.72. The van der Waals surface area contributed by atoms with E-state index in [0.29, 0.717) is 5.69 Å². The van der Waals surface area contributed by atoms with Crippen molar-refractivity contribution in [1.29, 1.82) is 0 Å². The van der Waals surface area contributed by atoms with Crippen molar-refractivity contribution in [3.05, 3.63) is 41.7 Å². The van der Waals surface area contributed by atoms with Gasteiger partial charge in [0.25, 0.3) is 10.0 Å². The van der Waals surface area contributed by atoms with Gasteiger partial charge >= 0.3 is 0 Å². The highest BCUT2D eigenvalue weighted by Crippen LogP contribution is 2.21. The van der Waals surface area contributed by atoms with E-state index in [4.69, 9.17) is 0 Å². The fraction of sp³-hybridized carbons (Fsp3) is 0.357. The molecule has 1 heterocycles. The molecule has 2 rings (SSSR count). The highest BCUT2D eigenvalue weighted by atomic mass is 32.2. The molecule has 6 heteroatoms. The number of aromatic nitrogens is 2. The zero-order chi connectivity index (χ0) is 14.9. The smallest absolute Gasteiger partial charge is 0.265 e. The number of benzene rings is 1. The van der Waals surface area contributed by atoms with Gasteiger partial charge in [-0.05, 0) is 39.3 Å². The zero-order valence-corrected chi connectivity index (χ0v) is 12.9. The summed E-state index contributed by atoms with van der Waals surface area (Å²) in [5.41, 5.74) is 2.58. The van der Waals surface area contributed by atoms with Crippen molar-refractivity contribution < 1.29 is 8.42 Å². The Morgan fingerprint density at radius 2 is 1.95 bits per heavy atom. The molecule has 20 heavy (non-hydrogen) atoms. The Morgan fingerprint density at radius 1 is 1.25 bits per heavy atom. The number of hydrogen-bond acceptors (Lipinski definition) is 3. The summed E-state index contributed by atoms with van der Waals surface area (Å²) >= 11 is 0. The molecule has 0 aliphatic heterocycles. The van der Waals surface area contributed by atoms with E-state index < -0.39 is 10.0 Å². The van der Waals surface area contributed by atoms with Gasteiger partial charge in [-0.3, -0.25) is 9.40 Å². The number of aryl methyl sites for hydroxylation is 2. The second-order valence-electron chi connectivity index (χ2n) is 5.17. The number of nitrogens with one attached hydrogen (secondary N) is 1. The molecular formula is C14H19N3O2S. The third-order valence-electron chi connectivity index (χ3n) is 3.04. The summed E-state index contributed by atoms with van der Waals surface area (Å²) < 4.78 is 28.8. The normalized spacial score (nSPS) is 11.8. The Morgan fingerprint density at radius 3 is 2.50 bits per heavy atom. The van der Waals surface area contributed by atoms with Crippen LogP contribution in [-0.4, -0.2) is 18.2 Å². The Hall–Kier alpha value is -1.82. The number of nitrogens with zero attached hydrogens (tertiary/aromatic N) is 2. The Bertz CT molecular complexity index is 718. The van der Waals surface area contributed by atoms with Crippen LogP contribution >= 0.6 is 0 Å². The van der Waals surface area contributed by atoms with E-state index in [0.717, 1.165) is 11.1 Å². The van der Waals surface area contributed by atoms with E-state index in [2.05, 4.69) is 9.82 Å². The summed E-state index contributed by atoms with van der Waals surface area (Å²) in [5.74, 6) is 0. The van der Waals surface area contributed by atoms with Crippen LogP contribution in [0, 0.1) is 13.8 Å². The number of hydrogen-bond donors (Lipinski definition) is 1. The second-order valence-corrected chi connectivity index (χ2v) is 6.86. The molecule has 0 spiro atoms. The van der Waals surface area contributed by atoms with Crippen LogP contribution < -0.4 is 4.72 Å². The van der Waals surface area contributed by atoms with E-state index in [1.165, 1.54) is 12.4 Å². The number of anilines is 1. The lowest BCUT2D eigenvalue weighted by Crippen LogP contribution is -2.13. The molecule has 0 amide bonds. The van der Waals surface area contributed by atoms with Crippen molar-refractivity contribution in [3.63, 3.8) is 0 Å². The third-order valence-corrected chi connectivity index (χ3v) is 4.36. The molecule has 5 nitrogen and oxygen atoms in total. The molecule has 0 aliphatic carbocycles. The molecule has 1 N–H and O–H groups in total. The van der Waals surface area contributed by atoms with E-state index >= 15 is 0 Å². The molecule has 108 valence electrons. The van der Waals surface area contributed by atoms with Gasteiger partial charge < -0.3 is 0 Å². The highest BCUT2D eigenvalue weighted by molar-refractivity contribution is 7.92. The topological polar surface area (TPSA) is 64.0 Å². The van der Waals surface area contributed by atoms with Crippen molar-refractivity contribution >= 4 is 15.7 Å². The monoisotopic (exact) mass is 293 g/mol. The van der Waals surface area contributed by atoms with Gasteiger partial charge in [0.2, 0.25) is 0 Å². The SMILES string of the molecule is Cc1ccc(NS(=O)(=O)c2cnn(C(C)C)c2)c(C)c1. The van der Waals surface area contributed by atoms with Crippen LogP contribution in [0.25, 0.3) is 0 Å². The molecular weight excluding hydrogens is 274 g/mol. The summed E-state index contributed by atoms with van der Waals surface area (Å²) in [6.07, 6.45) is 2.91. The standard InChI is InChI=1S/C14H19N3O2S/c1-10(2)17-9-13(8-15-17)20(18,19)16-14-6-5-11(3)7-12(14)4/h5-10,16H,1-4H3. The summed E-state index contributed by atoms with van der Waals surface area (Å²) in [5, 5.41) is 4.06. The molecule has 0 saturated carbocycles. The van der Waals surface area contributed by atoms with Gasteiger partial charge in [-0.1, -0.05) is 17.7 Å². The van der Waals surface area contributed by atoms with Crippen LogP contribution in [0.5, 0.6) is 0 Å². The van der Waals surface area contributed by atoms with Gasteiger partial charge in [-0.25, -0.2) is 8.42 Å². The van der Waals surface area contributed by atoms with Gasteiger partial charge in [0.05, 0.1) is 11.9 Å². The van der Waals surface area contributed by atoms with Crippen LogP contribution in [0.4, 0.5) is 5.69 Å². The van der Waals surface area contributed by atoms with Crippen molar-refractivity contribution in [2.75, 3.05) is 4.72 Å². The van der Waals surface area contributed by atoms with Crippen LogP contribution in [-0.2, 0) is 10.0 Å². The third kappa shape index (κ3) is 3.01. The predicted octanol–water partition coefficient (Wildman–Crippen LogP) is 2.88. The van der Waals surface area contributed by atoms with Crippen molar-refractivity contribution in [3.8, 4) is 0 Å². The maximum absolute atomic E-state index is 12.3. The average molecular weight is 293 g/mol. The van der Waals surface area contributed by atoms with Gasteiger partial charge in [0.15, 0.2) is 0 Å². The number of sulfonamides is 1. The average Bonchev–Trinajstić information content (AvgIpc) is 2.83. The second kappa shape index (κ2) is 5.28. The van der Waals surface area contributed by atoms with Gasteiger partial charge in [0.1, 0.15) is 4.90 Å². The lowest BCUT2D eigenvalue weighted by atomic mass is 10.1. The molecule has 0 radical (unpaired) electrons. The van der Waals surface area contributed by atoms with E-state index in [1.807, 2.05) is 39.8 Å². The van der Waals surface area contributed by atoms with Crippen LogP contribution in [0.1, 0.15) is 31.0 Å². The minimum atomic E-state index is -3.59. The van der Waals surface area contributed by atoms with Crippen LogP contribution in [0.3, 0.4) is 0 Å². The molecule has 0 aliphatic rings. The molecule has 0 unspecified atom stereocenters. The Labute approximate surface area is 119 Å². The molecule has 0 bridgehead atoms. The largest absolute Gasteiger partial charge is 0.279 e. The molecule has 0 atom stereocenters. The van der Waals surface area contributed by atoms with Gasteiger partial charge in [0, 0.05) is 12.2 Å². The minimum absolute atomic E-state index is 0.125. The summed E-state index contributed by atoms with van der Waals surface area (Å²) in [6.45, 7) is 7.74. The Balaban J connectivity index is 2.30. The summed E-state index contributed by atoms with van der Waals surface area (Å²) in [7, 11) is -3.59. The molecule has 0 fully saturated rings. The highest BCUT2D eigenvalue weighted by Gasteiger charge is 2.18. The van der Waals surface area contributed by atoms with E-state index in [1.54, 1.807) is 10.7 Å². The summed E-state index contributed by atoms with van der Waals surface area (Å²) in [4.78, 5) is 0.172. The maximum atomic E-state index is 12.3. The van der Waals surface area contributed by atoms with Crippen molar-refractivity contribution in [2.24, 2.45) is 0 Å². The van der Waals surface area contributed by atoms with Crippen LogP contribution in [0.15, 0.2) is 35.5 Å². The first-order valence-electron chi connectivity index (χ1n) is 6.44. The quantitative estimate of drug-likeness (QED) is 0.942. The fourth-order valence-corrected chi connectivity index (χ4v) is 2.94.